The Morgan fingerprint density at radius 2 is 1.95 bits per heavy atom. The average molecular weight is 316 g/mol. The second-order valence-electron chi connectivity index (χ2n) is 4.10. The number of nitrogens with one attached hydrogen (secondary N) is 1. The Morgan fingerprint density at radius 1 is 1.32 bits per heavy atom. The molecule has 0 aliphatic carbocycles. The van der Waals surface area contributed by atoms with Crippen LogP contribution in [0, 0.1) is 0 Å². The molecule has 0 bridgehead atoms. The molecule has 1 aromatic carbocycles. The zero-order valence-electron chi connectivity index (χ0n) is 10.1. The van der Waals surface area contributed by atoms with Gasteiger partial charge in [0, 0.05) is 12.8 Å². The highest BCUT2D eigenvalue weighted by molar-refractivity contribution is 7.90. The molecule has 0 spiro atoms. The first-order chi connectivity index (χ1) is 8.59. The monoisotopic (exact) mass is 315 g/mol. The van der Waals surface area contributed by atoms with E-state index in [1.54, 1.807) is 0 Å². The summed E-state index contributed by atoms with van der Waals surface area (Å²) in [4.78, 5) is 0. The van der Waals surface area contributed by atoms with E-state index in [9.17, 15) is 21.6 Å². The van der Waals surface area contributed by atoms with E-state index >= 15 is 0 Å². The van der Waals surface area contributed by atoms with Crippen LogP contribution in [-0.4, -0.2) is 27.0 Å². The number of hydrogen-bond donors (Lipinski definition) is 1. The van der Waals surface area contributed by atoms with Crippen molar-refractivity contribution in [3.8, 4) is 0 Å². The van der Waals surface area contributed by atoms with Crippen molar-refractivity contribution in [1.29, 1.82) is 0 Å². The zero-order valence-corrected chi connectivity index (χ0v) is 11.7. The van der Waals surface area contributed by atoms with Gasteiger partial charge in [-0.05, 0) is 24.6 Å². The van der Waals surface area contributed by atoms with Crippen molar-refractivity contribution in [2.24, 2.45) is 0 Å². The normalized spacial score (nSPS) is 12.5. The fourth-order valence-electron chi connectivity index (χ4n) is 1.39. The molecule has 0 aromatic heterocycles. The molecule has 0 aliphatic heterocycles. The predicted molar refractivity (Wildman–Crippen MR) is 69.3 cm³/mol. The van der Waals surface area contributed by atoms with E-state index in [2.05, 4.69) is 5.32 Å². The van der Waals surface area contributed by atoms with Crippen LogP contribution < -0.4 is 5.32 Å². The third-order valence-electron chi connectivity index (χ3n) is 2.30. The summed E-state index contributed by atoms with van der Waals surface area (Å²) in [5, 5.41) is 2.86. The summed E-state index contributed by atoms with van der Waals surface area (Å²) in [6.45, 7) is 0.230. The van der Waals surface area contributed by atoms with E-state index < -0.39 is 21.6 Å². The van der Waals surface area contributed by atoms with Crippen molar-refractivity contribution >= 4 is 27.1 Å². The van der Waals surface area contributed by atoms with Gasteiger partial charge in [-0.15, -0.1) is 0 Å². The van der Waals surface area contributed by atoms with Crippen molar-refractivity contribution in [3.63, 3.8) is 0 Å². The molecule has 1 aromatic rings. The smallest absolute Gasteiger partial charge is 0.384 e. The lowest BCUT2D eigenvalue weighted by Gasteiger charge is -2.12. The number of alkyl halides is 3. The minimum atomic E-state index is -4.44. The molecule has 1 rings (SSSR count). The number of rotatable bonds is 5. The molecule has 1 N–H and O–H groups in total. The number of hydrogen-bond acceptors (Lipinski definition) is 3. The molecule has 0 saturated carbocycles. The van der Waals surface area contributed by atoms with Gasteiger partial charge >= 0.3 is 6.18 Å². The molecule has 19 heavy (non-hydrogen) atoms. The fraction of sp³-hybridized carbons (Fsp3) is 0.455. The Labute approximate surface area is 114 Å². The summed E-state index contributed by atoms with van der Waals surface area (Å²) >= 11 is 5.77. The van der Waals surface area contributed by atoms with Gasteiger partial charge in [0.25, 0.3) is 0 Å². The predicted octanol–water partition coefficient (Wildman–Crippen LogP) is 3.21. The van der Waals surface area contributed by atoms with Gasteiger partial charge in [0.05, 0.1) is 22.0 Å². The lowest BCUT2D eigenvalue weighted by atomic mass is 10.2. The summed E-state index contributed by atoms with van der Waals surface area (Å²) in [7, 11) is -3.07. The van der Waals surface area contributed by atoms with Gasteiger partial charge in [-0.3, -0.25) is 0 Å². The Bertz CT molecular complexity index is 543. The quantitative estimate of drug-likeness (QED) is 0.849. The molecular formula is C11H13ClF3NO2S. The second kappa shape index (κ2) is 6.00. The molecule has 3 nitrogen and oxygen atoms in total. The van der Waals surface area contributed by atoms with Crippen LogP contribution in [0.1, 0.15) is 12.0 Å². The highest BCUT2D eigenvalue weighted by Gasteiger charge is 2.30. The van der Waals surface area contributed by atoms with Crippen LogP contribution in [0.3, 0.4) is 0 Å². The molecule has 0 atom stereocenters. The highest BCUT2D eigenvalue weighted by Crippen LogP contribution is 2.33. The van der Waals surface area contributed by atoms with Gasteiger partial charge in [-0.1, -0.05) is 11.6 Å². The van der Waals surface area contributed by atoms with Crippen molar-refractivity contribution < 1.29 is 21.6 Å². The lowest BCUT2D eigenvalue weighted by Crippen LogP contribution is -2.11. The Kier molecular flexibility index (Phi) is 5.09. The molecule has 0 fully saturated rings. The van der Waals surface area contributed by atoms with Crippen LogP contribution in [-0.2, 0) is 16.0 Å². The van der Waals surface area contributed by atoms with Gasteiger partial charge < -0.3 is 5.32 Å². The maximum Gasteiger partial charge on any atom is 0.416 e. The standard InChI is InChI=1S/C11H13ClF3NO2S/c1-19(17,18)6-2-5-16-10-7-8(11(13,14)15)3-4-9(10)12/h3-4,7,16H,2,5-6H2,1H3. The number of benzene rings is 1. The topological polar surface area (TPSA) is 46.2 Å². The summed E-state index contributed by atoms with van der Waals surface area (Å²) in [5.74, 6) is -0.0312. The van der Waals surface area contributed by atoms with E-state index in [1.807, 2.05) is 0 Å². The van der Waals surface area contributed by atoms with E-state index in [4.69, 9.17) is 11.6 Å². The minimum Gasteiger partial charge on any atom is -0.384 e. The van der Waals surface area contributed by atoms with Gasteiger partial charge in [-0.2, -0.15) is 13.2 Å². The van der Waals surface area contributed by atoms with E-state index in [-0.39, 0.29) is 23.0 Å². The van der Waals surface area contributed by atoms with Crippen molar-refractivity contribution in [3.05, 3.63) is 28.8 Å². The van der Waals surface area contributed by atoms with Crippen molar-refractivity contribution in [1.82, 2.24) is 0 Å². The summed E-state index contributed by atoms with van der Waals surface area (Å²) in [6, 6.07) is 2.95. The number of anilines is 1. The van der Waals surface area contributed by atoms with Crippen LogP contribution in [0.2, 0.25) is 5.02 Å². The summed E-state index contributed by atoms with van der Waals surface area (Å²) < 4.78 is 59.3. The van der Waals surface area contributed by atoms with Crippen LogP contribution in [0.4, 0.5) is 18.9 Å². The third kappa shape index (κ3) is 5.69. The SMILES string of the molecule is CS(=O)(=O)CCCNc1cc(C(F)(F)F)ccc1Cl. The minimum absolute atomic E-state index is 0.0312. The van der Waals surface area contributed by atoms with Gasteiger partial charge in [0.2, 0.25) is 0 Å². The summed E-state index contributed by atoms with van der Waals surface area (Å²) in [5.41, 5.74) is -0.660. The highest BCUT2D eigenvalue weighted by atomic mass is 35.5. The first-order valence-corrected chi connectivity index (χ1v) is 7.82. The van der Waals surface area contributed by atoms with Crippen LogP contribution in [0.15, 0.2) is 18.2 Å². The maximum absolute atomic E-state index is 12.5. The number of sulfone groups is 1. The summed E-state index contributed by atoms with van der Waals surface area (Å²) in [6.07, 6.45) is -3.04. The Hall–Kier alpha value is -0.950. The number of halogens is 4. The van der Waals surface area contributed by atoms with Gasteiger partial charge in [-0.25, -0.2) is 8.42 Å². The van der Waals surface area contributed by atoms with E-state index in [1.165, 1.54) is 0 Å². The molecule has 0 heterocycles. The molecule has 0 amide bonds. The first-order valence-electron chi connectivity index (χ1n) is 5.38. The Balaban J connectivity index is 2.68. The third-order valence-corrected chi connectivity index (χ3v) is 3.66. The molecule has 0 unspecified atom stereocenters. The lowest BCUT2D eigenvalue weighted by molar-refractivity contribution is -0.137. The molecular weight excluding hydrogens is 303 g/mol. The second-order valence-corrected chi connectivity index (χ2v) is 6.77. The molecule has 0 saturated heterocycles. The van der Waals surface area contributed by atoms with Crippen LogP contribution >= 0.6 is 11.6 Å². The maximum atomic E-state index is 12.5. The van der Waals surface area contributed by atoms with Crippen LogP contribution in [0.25, 0.3) is 0 Å². The van der Waals surface area contributed by atoms with E-state index in [0.29, 0.717) is 6.42 Å². The van der Waals surface area contributed by atoms with Gasteiger partial charge in [0.1, 0.15) is 9.84 Å². The largest absolute Gasteiger partial charge is 0.416 e. The molecule has 0 aliphatic rings. The molecule has 108 valence electrons. The fourth-order valence-corrected chi connectivity index (χ4v) is 2.25. The van der Waals surface area contributed by atoms with Crippen molar-refractivity contribution in [2.75, 3.05) is 23.9 Å². The first kappa shape index (κ1) is 16.1. The molecule has 0 radical (unpaired) electrons. The van der Waals surface area contributed by atoms with Crippen LogP contribution in [0.5, 0.6) is 0 Å². The van der Waals surface area contributed by atoms with E-state index in [0.717, 1.165) is 24.5 Å². The zero-order chi connectivity index (χ0) is 14.7. The average Bonchev–Trinajstić information content (AvgIpc) is 2.23. The van der Waals surface area contributed by atoms with Crippen molar-refractivity contribution in [2.45, 2.75) is 12.6 Å². The molecule has 8 heteroatoms. The van der Waals surface area contributed by atoms with Gasteiger partial charge in [0.15, 0.2) is 0 Å². The Morgan fingerprint density at radius 3 is 2.47 bits per heavy atom.